The van der Waals surface area contributed by atoms with Crippen LogP contribution in [0.5, 0.6) is 17.4 Å². The number of carbonyl (C=O) groups excluding carboxylic acids is 1. The number of aromatic nitrogens is 3. The number of anilines is 2. The second-order valence-electron chi connectivity index (χ2n) is 10.1. The van der Waals surface area contributed by atoms with Gasteiger partial charge in [0, 0.05) is 18.3 Å². The Kier molecular flexibility index (Phi) is 10.4. The van der Waals surface area contributed by atoms with Gasteiger partial charge in [0.05, 0.1) is 42.5 Å². The summed E-state index contributed by atoms with van der Waals surface area (Å²) in [5, 5.41) is 4.59. The number of benzene rings is 2. The van der Waals surface area contributed by atoms with Crippen LogP contribution in [0.15, 0.2) is 54.9 Å². The number of alkyl halides is 3. The number of ether oxygens (including phenoxy) is 3. The average molecular weight is 629 g/mol. The number of hydrogen-bond donors (Lipinski definition) is 2. The lowest BCUT2D eigenvalue weighted by Crippen LogP contribution is -2.23. The van der Waals surface area contributed by atoms with Gasteiger partial charge in [-0.05, 0) is 69.4 Å². The summed E-state index contributed by atoms with van der Waals surface area (Å²) in [6, 6.07) is 9.44. The molecule has 14 heteroatoms. The number of carbonyl (C=O) groups is 1. The molecule has 0 bridgehead atoms. The smallest absolute Gasteiger partial charge is 0.416 e. The van der Waals surface area contributed by atoms with Crippen LogP contribution in [-0.4, -0.2) is 53.7 Å². The van der Waals surface area contributed by atoms with Gasteiger partial charge in [0.2, 0.25) is 0 Å². The summed E-state index contributed by atoms with van der Waals surface area (Å²) < 4.78 is 72.4. The number of amides is 2. The van der Waals surface area contributed by atoms with E-state index in [-0.39, 0.29) is 36.1 Å². The molecule has 2 N–H and O–H groups in total. The summed E-state index contributed by atoms with van der Waals surface area (Å²) in [4.78, 5) is 27.2. The fraction of sp³-hybridized carbons (Fsp3) is 0.290. The van der Waals surface area contributed by atoms with Gasteiger partial charge in [0.1, 0.15) is 18.2 Å². The third-order valence-corrected chi connectivity index (χ3v) is 6.37. The first-order valence-corrected chi connectivity index (χ1v) is 13.7. The molecule has 0 spiro atoms. The van der Waals surface area contributed by atoms with Crippen molar-refractivity contribution in [2.45, 2.75) is 33.2 Å². The largest absolute Gasteiger partial charge is 0.497 e. The molecule has 0 radical (unpaired) electrons. The molecule has 2 aromatic carbocycles. The van der Waals surface area contributed by atoms with Crippen LogP contribution in [-0.2, 0) is 19.3 Å². The van der Waals surface area contributed by atoms with E-state index in [0.29, 0.717) is 29.7 Å². The van der Waals surface area contributed by atoms with E-state index in [9.17, 15) is 22.4 Å². The third-order valence-electron chi connectivity index (χ3n) is 6.37. The molecule has 0 aliphatic rings. The summed E-state index contributed by atoms with van der Waals surface area (Å²) in [5.74, 6) is 0.646. The Bertz CT molecular complexity index is 1650. The van der Waals surface area contributed by atoms with Crippen LogP contribution in [0, 0.1) is 12.7 Å². The maximum atomic E-state index is 14.7. The van der Waals surface area contributed by atoms with Crippen molar-refractivity contribution in [2.24, 2.45) is 0 Å². The van der Waals surface area contributed by atoms with Gasteiger partial charge in [-0.1, -0.05) is 12.1 Å². The second kappa shape index (κ2) is 14.2. The molecule has 4 aromatic rings. The van der Waals surface area contributed by atoms with Gasteiger partial charge in [-0.25, -0.2) is 24.1 Å². The number of nitrogens with zero attached hydrogens (tertiary/aromatic N) is 4. The van der Waals surface area contributed by atoms with Crippen LogP contribution in [0.25, 0.3) is 11.4 Å². The van der Waals surface area contributed by atoms with E-state index in [1.807, 2.05) is 31.2 Å². The number of urea groups is 1. The van der Waals surface area contributed by atoms with Crippen molar-refractivity contribution in [3.8, 4) is 28.8 Å². The highest BCUT2D eigenvalue weighted by Crippen LogP contribution is 2.36. The molecule has 238 valence electrons. The van der Waals surface area contributed by atoms with Crippen LogP contribution in [0.3, 0.4) is 0 Å². The van der Waals surface area contributed by atoms with Crippen molar-refractivity contribution in [2.75, 3.05) is 38.4 Å². The normalized spacial score (nSPS) is 11.3. The van der Waals surface area contributed by atoms with Gasteiger partial charge in [0.25, 0.3) is 5.88 Å². The van der Waals surface area contributed by atoms with E-state index in [1.54, 1.807) is 34.2 Å². The Morgan fingerprint density at radius 2 is 1.69 bits per heavy atom. The lowest BCUT2D eigenvalue weighted by Gasteiger charge is -2.18. The minimum Gasteiger partial charge on any atom is -0.497 e. The number of aryl methyl sites for hydroxylation is 1. The second-order valence-corrected chi connectivity index (χ2v) is 10.1. The maximum Gasteiger partial charge on any atom is 0.416 e. The van der Waals surface area contributed by atoms with Gasteiger partial charge in [0.15, 0.2) is 11.6 Å². The number of pyridine rings is 1. The highest BCUT2D eigenvalue weighted by atomic mass is 19.4. The summed E-state index contributed by atoms with van der Waals surface area (Å²) in [6.45, 7) is 3.88. The monoisotopic (exact) mass is 628 g/mol. The molecule has 2 heterocycles. The van der Waals surface area contributed by atoms with Crippen LogP contribution in [0.2, 0.25) is 0 Å². The zero-order valence-electron chi connectivity index (χ0n) is 25.3. The molecule has 0 saturated carbocycles. The van der Waals surface area contributed by atoms with E-state index < -0.39 is 29.3 Å². The zero-order valence-corrected chi connectivity index (χ0v) is 25.3. The molecular formula is C31H32F4N6O4. The fourth-order valence-electron chi connectivity index (χ4n) is 4.25. The van der Waals surface area contributed by atoms with Gasteiger partial charge in [-0.15, -0.1) is 0 Å². The standard InChI is InChI=1S/C31H32F4N6O4/c1-6-44-27-12-20(14-37-29(27)45-17-19-7-9-22(43-5)10-8-19)28-36-15-26(18(2)38-28)40-30(42)39-25-13-23(31(33,34)35)21(11-24(25)32)16-41(3)4/h7-15H,6,16-17H2,1-5H3,(H2,39,40,42). The predicted molar refractivity (Wildman–Crippen MR) is 160 cm³/mol. The van der Waals surface area contributed by atoms with Crippen LogP contribution in [0.1, 0.15) is 29.3 Å². The molecule has 0 fully saturated rings. The molecule has 0 unspecified atom stereocenters. The highest BCUT2D eigenvalue weighted by Gasteiger charge is 2.34. The van der Waals surface area contributed by atoms with Gasteiger partial charge >= 0.3 is 12.2 Å². The van der Waals surface area contributed by atoms with E-state index in [4.69, 9.17) is 14.2 Å². The first kappa shape index (κ1) is 32.9. The maximum absolute atomic E-state index is 14.7. The van der Waals surface area contributed by atoms with Crippen molar-refractivity contribution in [3.05, 3.63) is 83.1 Å². The SMILES string of the molecule is CCOc1cc(-c2ncc(NC(=O)Nc3cc(C(F)(F)F)c(CN(C)C)cc3F)c(C)n2)cnc1OCc1ccc(OC)cc1. The number of hydrogen-bond acceptors (Lipinski definition) is 8. The number of nitrogens with one attached hydrogen (secondary N) is 2. The number of methoxy groups -OCH3 is 1. The Morgan fingerprint density at radius 3 is 2.31 bits per heavy atom. The quantitative estimate of drug-likeness (QED) is 0.177. The molecular weight excluding hydrogens is 596 g/mol. The van der Waals surface area contributed by atoms with Gasteiger partial charge in [-0.3, -0.25) is 0 Å². The molecule has 2 amide bonds. The van der Waals surface area contributed by atoms with Crippen LogP contribution < -0.4 is 24.8 Å². The molecule has 4 rings (SSSR count). The summed E-state index contributed by atoms with van der Waals surface area (Å²) in [7, 11) is 4.72. The Balaban J connectivity index is 1.48. The average Bonchev–Trinajstić information content (AvgIpc) is 2.98. The third kappa shape index (κ3) is 8.56. The minimum absolute atomic E-state index is 0.137. The number of rotatable bonds is 11. The van der Waals surface area contributed by atoms with Crippen molar-refractivity contribution < 1.29 is 36.6 Å². The van der Waals surface area contributed by atoms with Crippen LogP contribution >= 0.6 is 0 Å². The van der Waals surface area contributed by atoms with Gasteiger partial charge in [-0.2, -0.15) is 13.2 Å². The minimum atomic E-state index is -4.75. The van der Waals surface area contributed by atoms with Crippen molar-refractivity contribution >= 4 is 17.4 Å². The first-order valence-electron chi connectivity index (χ1n) is 13.7. The summed E-state index contributed by atoms with van der Waals surface area (Å²) in [5.41, 5.74) is -0.0148. The summed E-state index contributed by atoms with van der Waals surface area (Å²) in [6.07, 6.45) is -1.91. The molecule has 45 heavy (non-hydrogen) atoms. The lowest BCUT2D eigenvalue weighted by atomic mass is 10.0. The fourth-order valence-corrected chi connectivity index (χ4v) is 4.25. The zero-order chi connectivity index (χ0) is 32.7. The van der Waals surface area contributed by atoms with Crippen molar-refractivity contribution in [1.29, 1.82) is 0 Å². The van der Waals surface area contributed by atoms with Crippen molar-refractivity contribution in [1.82, 2.24) is 19.9 Å². The predicted octanol–water partition coefficient (Wildman–Crippen LogP) is 6.70. The molecule has 2 aromatic heterocycles. The van der Waals surface area contributed by atoms with E-state index >= 15 is 0 Å². The van der Waals surface area contributed by atoms with E-state index in [2.05, 4.69) is 25.6 Å². The highest BCUT2D eigenvalue weighted by molar-refractivity contribution is 6.00. The van der Waals surface area contributed by atoms with Crippen molar-refractivity contribution in [3.63, 3.8) is 0 Å². The number of halogens is 4. The summed E-state index contributed by atoms with van der Waals surface area (Å²) >= 11 is 0. The molecule has 0 aliphatic carbocycles. The molecule has 0 atom stereocenters. The topological polar surface area (TPSA) is 111 Å². The Labute approximate surface area is 257 Å². The first-order chi connectivity index (χ1) is 21.4. The molecule has 10 nitrogen and oxygen atoms in total. The van der Waals surface area contributed by atoms with E-state index in [1.165, 1.54) is 17.3 Å². The Morgan fingerprint density at radius 1 is 0.978 bits per heavy atom. The van der Waals surface area contributed by atoms with E-state index in [0.717, 1.165) is 17.4 Å². The van der Waals surface area contributed by atoms with Crippen LogP contribution in [0.4, 0.5) is 33.7 Å². The lowest BCUT2D eigenvalue weighted by molar-refractivity contribution is -0.138. The molecule has 0 saturated heterocycles. The Hall–Kier alpha value is -4.98. The molecule has 0 aliphatic heterocycles. The van der Waals surface area contributed by atoms with Gasteiger partial charge < -0.3 is 29.7 Å².